The van der Waals surface area contributed by atoms with Gasteiger partial charge >= 0.3 is 0 Å². The summed E-state index contributed by atoms with van der Waals surface area (Å²) in [6.45, 7) is 1.55. The minimum Gasteiger partial charge on any atom is -0.497 e. The summed E-state index contributed by atoms with van der Waals surface area (Å²) in [4.78, 5) is 0. The van der Waals surface area contributed by atoms with Gasteiger partial charge in [0.15, 0.2) is 9.84 Å². The number of aliphatic hydroxyl groups excluding tert-OH is 1. The van der Waals surface area contributed by atoms with Crippen molar-refractivity contribution < 1.29 is 18.3 Å². The van der Waals surface area contributed by atoms with E-state index in [1.807, 2.05) is 0 Å². The summed E-state index contributed by atoms with van der Waals surface area (Å²) < 4.78 is 27.2. The quantitative estimate of drug-likeness (QED) is 0.841. The topological polar surface area (TPSA) is 63.6 Å². The Labute approximate surface area is 110 Å². The van der Waals surface area contributed by atoms with Crippen LogP contribution in [0.5, 0.6) is 5.75 Å². The standard InChI is InChI=1S/C11H15BrO4S/c1-3-17(14,15)11(12)10(13)8-4-6-9(16-2)7-5-8/h4-7,10-11,13H,3H2,1-2H3/t10-,11-/m1/s1. The van der Waals surface area contributed by atoms with Crippen LogP contribution >= 0.6 is 15.9 Å². The number of sulfone groups is 1. The van der Waals surface area contributed by atoms with Crippen LogP contribution < -0.4 is 4.74 Å². The van der Waals surface area contributed by atoms with Crippen LogP contribution in [0.1, 0.15) is 18.6 Å². The average Bonchev–Trinajstić information content (AvgIpc) is 2.37. The van der Waals surface area contributed by atoms with Crippen molar-refractivity contribution in [2.75, 3.05) is 12.9 Å². The van der Waals surface area contributed by atoms with Crippen molar-refractivity contribution in [2.24, 2.45) is 0 Å². The summed E-state index contributed by atoms with van der Waals surface area (Å²) in [5.74, 6) is 0.640. The van der Waals surface area contributed by atoms with Crippen molar-refractivity contribution in [1.82, 2.24) is 0 Å². The van der Waals surface area contributed by atoms with E-state index >= 15 is 0 Å². The number of aliphatic hydroxyl groups is 1. The van der Waals surface area contributed by atoms with E-state index in [-0.39, 0.29) is 5.75 Å². The zero-order valence-electron chi connectivity index (χ0n) is 9.63. The maximum atomic E-state index is 11.6. The predicted molar refractivity (Wildman–Crippen MR) is 70.1 cm³/mol. The van der Waals surface area contributed by atoms with E-state index in [4.69, 9.17) is 4.74 Å². The highest BCUT2D eigenvalue weighted by molar-refractivity contribution is 9.11. The minimum absolute atomic E-state index is 0.0177. The van der Waals surface area contributed by atoms with E-state index in [0.29, 0.717) is 11.3 Å². The Balaban J connectivity index is 2.92. The molecule has 0 bridgehead atoms. The Morgan fingerprint density at radius 2 is 1.88 bits per heavy atom. The third-order valence-corrected chi connectivity index (χ3v) is 6.41. The Hall–Kier alpha value is -0.590. The lowest BCUT2D eigenvalue weighted by molar-refractivity contribution is 0.195. The van der Waals surface area contributed by atoms with E-state index in [9.17, 15) is 13.5 Å². The summed E-state index contributed by atoms with van der Waals surface area (Å²) in [7, 11) is -1.78. The molecule has 4 nitrogen and oxygen atoms in total. The third kappa shape index (κ3) is 3.43. The number of hydrogen-bond acceptors (Lipinski definition) is 4. The van der Waals surface area contributed by atoms with Crippen molar-refractivity contribution >= 4 is 25.8 Å². The fourth-order valence-corrected chi connectivity index (χ4v) is 3.27. The second-order valence-corrected chi connectivity index (χ2v) is 7.52. The number of benzene rings is 1. The molecular weight excluding hydrogens is 308 g/mol. The second kappa shape index (κ2) is 5.84. The summed E-state index contributed by atoms with van der Waals surface area (Å²) in [6, 6.07) is 6.64. The largest absolute Gasteiger partial charge is 0.497 e. The Kier molecular flexibility index (Phi) is 4.97. The molecule has 1 aromatic carbocycles. The van der Waals surface area contributed by atoms with Crippen molar-refractivity contribution in [3.05, 3.63) is 29.8 Å². The minimum atomic E-state index is -3.33. The van der Waals surface area contributed by atoms with Gasteiger partial charge in [0.2, 0.25) is 0 Å². The molecule has 0 amide bonds. The molecule has 0 heterocycles. The SMILES string of the molecule is CCS(=O)(=O)[C@@H](Br)[C@H](O)c1ccc(OC)cc1. The monoisotopic (exact) mass is 322 g/mol. The first-order valence-electron chi connectivity index (χ1n) is 5.10. The molecular formula is C11H15BrO4S. The zero-order chi connectivity index (χ0) is 13.1. The third-order valence-electron chi connectivity index (χ3n) is 2.45. The Morgan fingerprint density at radius 1 is 1.35 bits per heavy atom. The molecule has 1 aromatic rings. The van der Waals surface area contributed by atoms with E-state index in [1.165, 1.54) is 0 Å². The molecule has 6 heteroatoms. The molecule has 0 saturated heterocycles. The molecule has 96 valence electrons. The molecule has 0 aliphatic rings. The summed E-state index contributed by atoms with van der Waals surface area (Å²) in [5, 5.41) is 9.95. The maximum absolute atomic E-state index is 11.6. The molecule has 0 aliphatic carbocycles. The molecule has 0 fully saturated rings. The fourth-order valence-electron chi connectivity index (χ4n) is 1.31. The van der Waals surface area contributed by atoms with Crippen LogP contribution in [0.15, 0.2) is 24.3 Å². The van der Waals surface area contributed by atoms with Crippen LogP contribution in [0.2, 0.25) is 0 Å². The second-order valence-electron chi connectivity index (χ2n) is 3.52. The molecule has 0 spiro atoms. The van der Waals surface area contributed by atoms with Crippen molar-refractivity contribution in [3.63, 3.8) is 0 Å². The van der Waals surface area contributed by atoms with Crippen LogP contribution in [0, 0.1) is 0 Å². The van der Waals surface area contributed by atoms with Gasteiger partial charge in [-0.1, -0.05) is 35.0 Å². The molecule has 0 radical (unpaired) electrons. The normalized spacial score (nSPS) is 15.3. The lowest BCUT2D eigenvalue weighted by Crippen LogP contribution is -2.24. The van der Waals surface area contributed by atoms with Gasteiger partial charge < -0.3 is 9.84 Å². The molecule has 0 aromatic heterocycles. The number of methoxy groups -OCH3 is 1. The first kappa shape index (κ1) is 14.5. The predicted octanol–water partition coefficient (Wildman–Crippen LogP) is 1.88. The van der Waals surface area contributed by atoms with E-state index in [1.54, 1.807) is 38.3 Å². The van der Waals surface area contributed by atoms with E-state index in [0.717, 1.165) is 0 Å². The van der Waals surface area contributed by atoms with Gasteiger partial charge in [0.05, 0.1) is 7.11 Å². The van der Waals surface area contributed by atoms with Gasteiger partial charge in [-0.3, -0.25) is 0 Å². The summed E-state index contributed by atoms with van der Waals surface area (Å²) in [5.41, 5.74) is 0.532. The molecule has 1 rings (SSSR count). The molecule has 17 heavy (non-hydrogen) atoms. The number of ether oxygens (including phenoxy) is 1. The van der Waals surface area contributed by atoms with Crippen LogP contribution in [0.25, 0.3) is 0 Å². The van der Waals surface area contributed by atoms with Gasteiger partial charge in [-0.05, 0) is 17.7 Å². The number of alkyl halides is 1. The summed E-state index contributed by atoms with van der Waals surface area (Å²) in [6.07, 6.45) is -1.09. The van der Waals surface area contributed by atoms with Gasteiger partial charge in [-0.25, -0.2) is 8.42 Å². The van der Waals surface area contributed by atoms with E-state index < -0.39 is 20.1 Å². The average molecular weight is 323 g/mol. The highest BCUT2D eigenvalue weighted by Crippen LogP contribution is 2.28. The van der Waals surface area contributed by atoms with Crippen LogP contribution in [-0.4, -0.2) is 30.5 Å². The molecule has 0 aliphatic heterocycles. The molecule has 1 N–H and O–H groups in total. The van der Waals surface area contributed by atoms with Crippen LogP contribution in [0.3, 0.4) is 0 Å². The van der Waals surface area contributed by atoms with Gasteiger partial charge in [0.25, 0.3) is 0 Å². The lowest BCUT2D eigenvalue weighted by Gasteiger charge is -2.17. The number of halogens is 1. The fraction of sp³-hybridized carbons (Fsp3) is 0.455. The molecule has 0 unspecified atom stereocenters. The Morgan fingerprint density at radius 3 is 2.29 bits per heavy atom. The lowest BCUT2D eigenvalue weighted by atomic mass is 10.1. The van der Waals surface area contributed by atoms with Crippen molar-refractivity contribution in [2.45, 2.75) is 17.2 Å². The van der Waals surface area contributed by atoms with Crippen LogP contribution in [-0.2, 0) is 9.84 Å². The first-order chi connectivity index (χ1) is 7.92. The summed E-state index contributed by atoms with van der Waals surface area (Å²) >= 11 is 3.03. The van der Waals surface area contributed by atoms with Gasteiger partial charge in [0, 0.05) is 5.75 Å². The zero-order valence-corrected chi connectivity index (χ0v) is 12.0. The smallest absolute Gasteiger partial charge is 0.165 e. The van der Waals surface area contributed by atoms with Gasteiger partial charge in [-0.2, -0.15) is 0 Å². The maximum Gasteiger partial charge on any atom is 0.165 e. The van der Waals surface area contributed by atoms with Gasteiger partial charge in [0.1, 0.15) is 16.0 Å². The number of rotatable bonds is 5. The van der Waals surface area contributed by atoms with E-state index in [2.05, 4.69) is 15.9 Å². The highest BCUT2D eigenvalue weighted by atomic mass is 79.9. The molecule has 2 atom stereocenters. The highest BCUT2D eigenvalue weighted by Gasteiger charge is 2.29. The number of hydrogen-bond donors (Lipinski definition) is 1. The van der Waals surface area contributed by atoms with Crippen LogP contribution in [0.4, 0.5) is 0 Å². The van der Waals surface area contributed by atoms with Crippen molar-refractivity contribution in [1.29, 1.82) is 0 Å². The van der Waals surface area contributed by atoms with Crippen molar-refractivity contribution in [3.8, 4) is 5.75 Å². The first-order valence-corrected chi connectivity index (χ1v) is 7.73. The molecule has 0 saturated carbocycles. The van der Waals surface area contributed by atoms with Gasteiger partial charge in [-0.15, -0.1) is 0 Å². The Bertz CT molecular complexity index is 455.